The number of carbonyl (C=O) groups excluding carboxylic acids is 1. The van der Waals surface area contributed by atoms with Gasteiger partial charge in [0.25, 0.3) is 0 Å². The summed E-state index contributed by atoms with van der Waals surface area (Å²) in [6.07, 6.45) is 3.69. The van der Waals surface area contributed by atoms with E-state index in [9.17, 15) is 4.79 Å². The summed E-state index contributed by atoms with van der Waals surface area (Å²) in [6.45, 7) is 4.95. The molecule has 22 heavy (non-hydrogen) atoms. The van der Waals surface area contributed by atoms with Crippen LogP contribution in [0.2, 0.25) is 10.0 Å². The fourth-order valence-corrected chi connectivity index (χ4v) is 3.51. The van der Waals surface area contributed by atoms with E-state index < -0.39 is 0 Å². The van der Waals surface area contributed by atoms with Crippen LogP contribution in [0.5, 0.6) is 0 Å². The van der Waals surface area contributed by atoms with E-state index in [1.54, 1.807) is 6.07 Å². The first-order valence-corrected chi connectivity index (χ1v) is 8.73. The van der Waals surface area contributed by atoms with Gasteiger partial charge in [-0.1, -0.05) is 36.2 Å². The summed E-state index contributed by atoms with van der Waals surface area (Å²) >= 11 is 12.0. The number of nitrogens with one attached hydrogen (secondary N) is 2. The van der Waals surface area contributed by atoms with Gasteiger partial charge in [0.05, 0.1) is 0 Å². The van der Waals surface area contributed by atoms with Crippen molar-refractivity contribution in [2.45, 2.75) is 32.6 Å². The number of hydrogen-bond donors (Lipinski definition) is 2. The molecule has 3 nitrogen and oxygen atoms in total. The zero-order chi connectivity index (χ0) is 15.9. The Morgan fingerprint density at radius 2 is 2.09 bits per heavy atom. The van der Waals surface area contributed by atoms with Gasteiger partial charge in [-0.3, -0.25) is 4.79 Å². The van der Waals surface area contributed by atoms with Gasteiger partial charge >= 0.3 is 0 Å². The zero-order valence-electron chi connectivity index (χ0n) is 13.0. The maximum absolute atomic E-state index is 12.0. The smallest absolute Gasteiger partial charge is 0.220 e. The number of halogens is 2. The summed E-state index contributed by atoms with van der Waals surface area (Å²) in [6, 6.07) is 5.47. The lowest BCUT2D eigenvalue weighted by molar-refractivity contribution is -0.122. The lowest BCUT2D eigenvalue weighted by Gasteiger charge is -2.27. The molecule has 0 aliphatic carbocycles. The summed E-state index contributed by atoms with van der Waals surface area (Å²) in [5.41, 5.74) is 1.01. The maximum Gasteiger partial charge on any atom is 0.220 e. The number of hydrogen-bond acceptors (Lipinski definition) is 2. The Balaban J connectivity index is 1.71. The first-order chi connectivity index (χ1) is 10.6. The van der Waals surface area contributed by atoms with E-state index in [1.165, 1.54) is 12.8 Å². The van der Waals surface area contributed by atoms with E-state index >= 15 is 0 Å². The Kier molecular flexibility index (Phi) is 7.00. The summed E-state index contributed by atoms with van der Waals surface area (Å²) in [5, 5.41) is 7.65. The van der Waals surface area contributed by atoms with Gasteiger partial charge in [0.1, 0.15) is 0 Å². The Labute approximate surface area is 142 Å². The quantitative estimate of drug-likeness (QED) is 0.827. The molecular weight excluding hydrogens is 319 g/mol. The van der Waals surface area contributed by atoms with Crippen LogP contribution in [-0.2, 0) is 11.2 Å². The Morgan fingerprint density at radius 3 is 2.77 bits per heavy atom. The molecule has 1 atom stereocenters. The number of carbonyl (C=O) groups is 1. The number of benzene rings is 1. The average Bonchev–Trinajstić information content (AvgIpc) is 2.50. The van der Waals surface area contributed by atoms with Crippen molar-refractivity contribution in [1.29, 1.82) is 0 Å². The highest BCUT2D eigenvalue weighted by Crippen LogP contribution is 2.24. The monoisotopic (exact) mass is 342 g/mol. The summed E-state index contributed by atoms with van der Waals surface area (Å²) in [4.78, 5) is 12.0. The van der Waals surface area contributed by atoms with E-state index in [2.05, 4.69) is 17.6 Å². The van der Waals surface area contributed by atoms with Crippen molar-refractivity contribution >= 4 is 29.1 Å². The topological polar surface area (TPSA) is 41.1 Å². The maximum atomic E-state index is 12.0. The van der Waals surface area contributed by atoms with Crippen molar-refractivity contribution in [2.75, 3.05) is 19.6 Å². The predicted octanol–water partition coefficient (Wildman–Crippen LogP) is 3.68. The summed E-state index contributed by atoms with van der Waals surface area (Å²) in [5.74, 6) is 1.25. The minimum Gasteiger partial charge on any atom is -0.356 e. The molecule has 122 valence electrons. The zero-order valence-corrected chi connectivity index (χ0v) is 14.5. The summed E-state index contributed by atoms with van der Waals surface area (Å²) in [7, 11) is 0. The van der Waals surface area contributed by atoms with E-state index in [4.69, 9.17) is 23.2 Å². The van der Waals surface area contributed by atoms with Crippen molar-refractivity contribution in [2.24, 2.45) is 11.8 Å². The third kappa shape index (κ3) is 5.45. The fourth-order valence-electron chi connectivity index (χ4n) is 3.01. The molecule has 1 aliphatic rings. The number of rotatable bonds is 6. The molecule has 0 bridgehead atoms. The van der Waals surface area contributed by atoms with Gasteiger partial charge in [-0.2, -0.15) is 0 Å². The van der Waals surface area contributed by atoms with Crippen LogP contribution in [-0.4, -0.2) is 25.5 Å². The second-order valence-electron chi connectivity index (χ2n) is 6.10. The van der Waals surface area contributed by atoms with Crippen molar-refractivity contribution in [1.82, 2.24) is 10.6 Å². The van der Waals surface area contributed by atoms with Crippen LogP contribution in [0.1, 0.15) is 31.7 Å². The van der Waals surface area contributed by atoms with Gasteiger partial charge in [-0.15, -0.1) is 0 Å². The molecule has 1 aliphatic heterocycles. The van der Waals surface area contributed by atoms with Gasteiger partial charge in [0.15, 0.2) is 0 Å². The lowest BCUT2D eigenvalue weighted by atomic mass is 9.84. The SMILES string of the molecule is CC(CC(=O)NCCc1ccc(Cl)cc1Cl)C1CCNCC1. The Bertz CT molecular complexity index is 501. The van der Waals surface area contributed by atoms with Crippen LogP contribution in [0.25, 0.3) is 0 Å². The third-order valence-electron chi connectivity index (χ3n) is 4.43. The van der Waals surface area contributed by atoms with Gasteiger partial charge < -0.3 is 10.6 Å². The van der Waals surface area contributed by atoms with Crippen molar-refractivity contribution < 1.29 is 4.79 Å². The average molecular weight is 343 g/mol. The Hall–Kier alpha value is -0.770. The molecule has 0 saturated carbocycles. The molecule has 1 saturated heterocycles. The van der Waals surface area contributed by atoms with Crippen LogP contribution in [0, 0.1) is 11.8 Å². The van der Waals surface area contributed by atoms with Crippen molar-refractivity contribution in [3.05, 3.63) is 33.8 Å². The number of piperidine rings is 1. The first-order valence-electron chi connectivity index (χ1n) is 7.97. The van der Waals surface area contributed by atoms with Crippen LogP contribution in [0.4, 0.5) is 0 Å². The molecule has 2 rings (SSSR count). The van der Waals surface area contributed by atoms with Crippen LogP contribution < -0.4 is 10.6 Å². The molecule has 1 fully saturated rings. The lowest BCUT2D eigenvalue weighted by Crippen LogP contribution is -2.34. The van der Waals surface area contributed by atoms with Crippen molar-refractivity contribution in [3.63, 3.8) is 0 Å². The van der Waals surface area contributed by atoms with Crippen LogP contribution >= 0.6 is 23.2 Å². The van der Waals surface area contributed by atoms with Gasteiger partial charge in [-0.25, -0.2) is 0 Å². The molecule has 5 heteroatoms. The molecule has 1 amide bonds. The van der Waals surface area contributed by atoms with Gasteiger partial charge in [-0.05, 0) is 61.9 Å². The molecule has 1 unspecified atom stereocenters. The van der Waals surface area contributed by atoms with E-state index in [0.29, 0.717) is 34.8 Å². The van der Waals surface area contributed by atoms with Crippen molar-refractivity contribution in [3.8, 4) is 0 Å². The van der Waals surface area contributed by atoms with Crippen LogP contribution in [0.3, 0.4) is 0 Å². The largest absolute Gasteiger partial charge is 0.356 e. The number of amides is 1. The fraction of sp³-hybridized carbons (Fsp3) is 0.588. The van der Waals surface area contributed by atoms with E-state index in [0.717, 1.165) is 25.1 Å². The van der Waals surface area contributed by atoms with E-state index in [-0.39, 0.29) is 5.91 Å². The molecular formula is C17H24Cl2N2O. The highest BCUT2D eigenvalue weighted by Gasteiger charge is 2.21. The predicted molar refractivity (Wildman–Crippen MR) is 92.6 cm³/mol. The minimum atomic E-state index is 0.135. The minimum absolute atomic E-state index is 0.135. The highest BCUT2D eigenvalue weighted by atomic mass is 35.5. The van der Waals surface area contributed by atoms with Gasteiger partial charge in [0.2, 0.25) is 5.91 Å². The normalized spacial score (nSPS) is 17.2. The third-order valence-corrected chi connectivity index (χ3v) is 5.01. The molecule has 0 aromatic heterocycles. The van der Waals surface area contributed by atoms with Crippen LogP contribution in [0.15, 0.2) is 18.2 Å². The molecule has 1 heterocycles. The molecule has 0 radical (unpaired) electrons. The molecule has 2 N–H and O–H groups in total. The second kappa shape index (κ2) is 8.76. The second-order valence-corrected chi connectivity index (χ2v) is 6.95. The van der Waals surface area contributed by atoms with E-state index in [1.807, 2.05) is 12.1 Å². The molecule has 1 aromatic rings. The summed E-state index contributed by atoms with van der Waals surface area (Å²) < 4.78 is 0. The highest BCUT2D eigenvalue weighted by molar-refractivity contribution is 6.35. The van der Waals surface area contributed by atoms with Gasteiger partial charge in [0, 0.05) is 23.0 Å². The molecule has 1 aromatic carbocycles. The first kappa shape index (κ1) is 17.6. The standard InChI is InChI=1S/C17H24Cl2N2O/c1-12(13-4-7-20-8-5-13)10-17(22)21-9-6-14-2-3-15(18)11-16(14)19/h2-3,11-13,20H,4-10H2,1H3,(H,21,22). The molecule has 0 spiro atoms. The Morgan fingerprint density at radius 1 is 1.36 bits per heavy atom.